The Morgan fingerprint density at radius 3 is 2.47 bits per heavy atom. The number of rotatable bonds is 7. The van der Waals surface area contributed by atoms with Gasteiger partial charge in [-0.15, -0.1) is 0 Å². The zero-order valence-electron chi connectivity index (χ0n) is 11.4. The van der Waals surface area contributed by atoms with Gasteiger partial charge in [-0.3, -0.25) is 4.79 Å². The molecule has 3 nitrogen and oxygen atoms in total. The summed E-state index contributed by atoms with van der Waals surface area (Å²) in [4.78, 5) is 13.9. The number of esters is 1. The second kappa shape index (κ2) is 8.51. The molecule has 0 atom stereocenters. The fourth-order valence-electron chi connectivity index (χ4n) is 2.22. The maximum Gasteiger partial charge on any atom is 0.306 e. The Bertz CT molecular complexity index is 210. The van der Waals surface area contributed by atoms with Crippen molar-refractivity contribution in [1.82, 2.24) is 4.90 Å². The lowest BCUT2D eigenvalue weighted by Crippen LogP contribution is -2.35. The number of ether oxygens (including phenoxy) is 1. The van der Waals surface area contributed by atoms with Gasteiger partial charge in [-0.25, -0.2) is 0 Å². The minimum absolute atomic E-state index is 0.0102. The third-order valence-electron chi connectivity index (χ3n) is 3.45. The van der Waals surface area contributed by atoms with Gasteiger partial charge in [0.1, 0.15) is 6.10 Å². The fraction of sp³-hybridized carbons (Fsp3) is 0.929. The predicted molar refractivity (Wildman–Crippen MR) is 70.0 cm³/mol. The van der Waals surface area contributed by atoms with E-state index < -0.39 is 0 Å². The average molecular weight is 241 g/mol. The first kappa shape index (κ1) is 14.5. The molecule has 0 bridgehead atoms. The summed E-state index contributed by atoms with van der Waals surface area (Å²) in [5, 5.41) is 0. The van der Waals surface area contributed by atoms with E-state index in [1.807, 2.05) is 0 Å². The third-order valence-corrected chi connectivity index (χ3v) is 3.45. The maximum atomic E-state index is 11.6. The van der Waals surface area contributed by atoms with Crippen molar-refractivity contribution in [2.24, 2.45) is 0 Å². The first-order chi connectivity index (χ1) is 8.22. The molecular formula is C14H27NO2. The van der Waals surface area contributed by atoms with Gasteiger partial charge >= 0.3 is 5.97 Å². The minimum atomic E-state index is 0.0102. The van der Waals surface area contributed by atoms with Crippen LogP contribution in [0.4, 0.5) is 0 Å². The Morgan fingerprint density at radius 2 is 1.82 bits per heavy atom. The molecular weight excluding hydrogens is 214 g/mol. The summed E-state index contributed by atoms with van der Waals surface area (Å²) in [5.41, 5.74) is 0. The molecule has 1 saturated heterocycles. The average Bonchev–Trinajstić information content (AvgIpc) is 2.32. The molecule has 17 heavy (non-hydrogen) atoms. The molecule has 0 amide bonds. The second-order valence-corrected chi connectivity index (χ2v) is 5.16. The van der Waals surface area contributed by atoms with E-state index in [9.17, 15) is 4.79 Å². The van der Waals surface area contributed by atoms with Crippen LogP contribution in [-0.2, 0) is 9.53 Å². The van der Waals surface area contributed by atoms with Crippen molar-refractivity contribution in [3.05, 3.63) is 0 Å². The van der Waals surface area contributed by atoms with E-state index in [2.05, 4.69) is 18.9 Å². The molecule has 0 aliphatic carbocycles. The smallest absolute Gasteiger partial charge is 0.306 e. The van der Waals surface area contributed by atoms with Crippen molar-refractivity contribution in [3.63, 3.8) is 0 Å². The van der Waals surface area contributed by atoms with Gasteiger partial charge in [-0.2, -0.15) is 0 Å². The molecule has 3 heteroatoms. The molecule has 0 spiro atoms. The number of nitrogens with zero attached hydrogens (tertiary/aromatic N) is 1. The number of unbranched alkanes of at least 4 members (excludes halogenated alkanes) is 4. The highest BCUT2D eigenvalue weighted by Gasteiger charge is 2.19. The largest absolute Gasteiger partial charge is 0.462 e. The van der Waals surface area contributed by atoms with Crippen molar-refractivity contribution in [3.8, 4) is 0 Å². The van der Waals surface area contributed by atoms with Crippen LogP contribution in [0.2, 0.25) is 0 Å². The van der Waals surface area contributed by atoms with Crippen LogP contribution in [0.5, 0.6) is 0 Å². The Morgan fingerprint density at radius 1 is 1.18 bits per heavy atom. The molecule has 100 valence electrons. The monoisotopic (exact) mass is 241 g/mol. The summed E-state index contributed by atoms with van der Waals surface area (Å²) < 4.78 is 5.48. The van der Waals surface area contributed by atoms with Crippen LogP contribution < -0.4 is 0 Å². The van der Waals surface area contributed by atoms with Crippen LogP contribution in [0, 0.1) is 0 Å². The van der Waals surface area contributed by atoms with Gasteiger partial charge in [-0.05, 0) is 26.3 Å². The molecule has 0 unspecified atom stereocenters. The van der Waals surface area contributed by atoms with E-state index >= 15 is 0 Å². The highest BCUT2D eigenvalue weighted by Crippen LogP contribution is 2.14. The molecule has 1 rings (SSSR count). The molecule has 0 N–H and O–H groups in total. The Kier molecular flexibility index (Phi) is 7.25. The van der Waals surface area contributed by atoms with E-state index in [4.69, 9.17) is 4.74 Å². The Balaban J connectivity index is 2.00. The lowest BCUT2D eigenvalue weighted by atomic mass is 10.1. The number of hydrogen-bond acceptors (Lipinski definition) is 3. The molecule has 1 aliphatic rings. The maximum absolute atomic E-state index is 11.6. The van der Waals surface area contributed by atoms with Gasteiger partial charge in [0, 0.05) is 19.5 Å². The molecule has 0 aromatic carbocycles. The van der Waals surface area contributed by atoms with Crippen LogP contribution in [0.25, 0.3) is 0 Å². The van der Waals surface area contributed by atoms with E-state index in [-0.39, 0.29) is 12.1 Å². The van der Waals surface area contributed by atoms with Gasteiger partial charge in [0.15, 0.2) is 0 Å². The number of hydrogen-bond donors (Lipinski definition) is 0. The second-order valence-electron chi connectivity index (χ2n) is 5.16. The van der Waals surface area contributed by atoms with Crippen molar-refractivity contribution < 1.29 is 9.53 Å². The van der Waals surface area contributed by atoms with Gasteiger partial charge in [-0.1, -0.05) is 32.6 Å². The van der Waals surface area contributed by atoms with Gasteiger partial charge < -0.3 is 9.64 Å². The summed E-state index contributed by atoms with van der Waals surface area (Å²) >= 11 is 0. The molecule has 1 heterocycles. The SMILES string of the molecule is CCCCCCCC(=O)OC1CCN(C)CC1. The van der Waals surface area contributed by atoms with Crippen molar-refractivity contribution in [1.29, 1.82) is 0 Å². The van der Waals surface area contributed by atoms with Gasteiger partial charge in [0.05, 0.1) is 0 Å². The summed E-state index contributed by atoms with van der Waals surface area (Å²) in [6.07, 6.45) is 8.71. The summed E-state index contributed by atoms with van der Waals surface area (Å²) in [6, 6.07) is 0. The van der Waals surface area contributed by atoms with E-state index in [1.165, 1.54) is 19.3 Å². The summed E-state index contributed by atoms with van der Waals surface area (Å²) in [6.45, 7) is 4.30. The van der Waals surface area contributed by atoms with Crippen LogP contribution >= 0.6 is 0 Å². The van der Waals surface area contributed by atoms with E-state index in [1.54, 1.807) is 0 Å². The van der Waals surface area contributed by atoms with Gasteiger partial charge in [0.2, 0.25) is 0 Å². The zero-order valence-corrected chi connectivity index (χ0v) is 11.4. The van der Waals surface area contributed by atoms with Crippen LogP contribution in [0.15, 0.2) is 0 Å². The first-order valence-electron chi connectivity index (χ1n) is 7.10. The van der Waals surface area contributed by atoms with E-state index in [0.29, 0.717) is 6.42 Å². The highest BCUT2D eigenvalue weighted by atomic mass is 16.5. The molecule has 1 fully saturated rings. The minimum Gasteiger partial charge on any atom is -0.462 e. The third kappa shape index (κ3) is 6.67. The zero-order chi connectivity index (χ0) is 12.5. The molecule has 0 aromatic heterocycles. The number of carbonyl (C=O) groups is 1. The Hall–Kier alpha value is -0.570. The van der Waals surface area contributed by atoms with Crippen LogP contribution in [0.1, 0.15) is 58.3 Å². The Labute approximate surface area is 106 Å². The molecule has 1 aliphatic heterocycles. The van der Waals surface area contributed by atoms with E-state index in [0.717, 1.165) is 38.8 Å². The lowest BCUT2D eigenvalue weighted by molar-refractivity contribution is -0.151. The first-order valence-corrected chi connectivity index (χ1v) is 7.10. The molecule has 0 saturated carbocycles. The summed E-state index contributed by atoms with van der Waals surface area (Å²) in [7, 11) is 2.12. The highest BCUT2D eigenvalue weighted by molar-refractivity contribution is 5.69. The van der Waals surface area contributed by atoms with Crippen molar-refractivity contribution >= 4 is 5.97 Å². The summed E-state index contributed by atoms with van der Waals surface area (Å²) in [5.74, 6) is 0.0102. The van der Waals surface area contributed by atoms with Crippen molar-refractivity contribution in [2.75, 3.05) is 20.1 Å². The number of likely N-dealkylation sites (tertiary alicyclic amines) is 1. The van der Waals surface area contributed by atoms with Gasteiger partial charge in [0.25, 0.3) is 0 Å². The normalized spacial score (nSPS) is 18.2. The van der Waals surface area contributed by atoms with Crippen molar-refractivity contribution in [2.45, 2.75) is 64.4 Å². The van der Waals surface area contributed by atoms with Crippen LogP contribution in [0.3, 0.4) is 0 Å². The topological polar surface area (TPSA) is 29.5 Å². The fourth-order valence-corrected chi connectivity index (χ4v) is 2.22. The predicted octanol–water partition coefficient (Wildman–Crippen LogP) is 2.98. The quantitative estimate of drug-likeness (QED) is 0.507. The molecule has 0 aromatic rings. The van der Waals surface area contributed by atoms with Crippen LogP contribution in [-0.4, -0.2) is 37.1 Å². The molecule has 0 radical (unpaired) electrons. The lowest BCUT2D eigenvalue weighted by Gasteiger charge is -2.28. The number of piperidine rings is 1. The standard InChI is InChI=1S/C14H27NO2/c1-3-4-5-6-7-8-14(16)17-13-9-11-15(2)12-10-13/h13H,3-12H2,1-2H3. The number of carbonyl (C=O) groups excluding carboxylic acids is 1.